The van der Waals surface area contributed by atoms with Crippen LogP contribution in [0.15, 0.2) is 65.5 Å². The molecule has 1 heterocycles. The first-order valence-corrected chi connectivity index (χ1v) is 8.90. The molecule has 0 fully saturated rings. The molecule has 0 unspecified atom stereocenters. The van der Waals surface area contributed by atoms with Crippen LogP contribution in [0.3, 0.4) is 0 Å². The molecule has 0 atom stereocenters. The lowest BCUT2D eigenvalue weighted by atomic mass is 10.1. The number of alkyl halides is 3. The quantitative estimate of drug-likeness (QED) is 0.685. The highest BCUT2D eigenvalue weighted by molar-refractivity contribution is 6.04. The molecule has 0 radical (unpaired) electrons. The SMILES string of the molecule is Cc1cc(=O)c(C(=O)Nc2ccccc2)c(C)n1Cc1ccc(C(F)(F)F)cc1. The van der Waals surface area contributed by atoms with Gasteiger partial charge in [0.25, 0.3) is 5.91 Å². The van der Waals surface area contributed by atoms with Crippen molar-refractivity contribution in [2.75, 3.05) is 5.32 Å². The summed E-state index contributed by atoms with van der Waals surface area (Å²) in [6.07, 6.45) is -4.40. The Bertz CT molecular complexity index is 1090. The lowest BCUT2D eigenvalue weighted by Gasteiger charge is -2.18. The second-order valence-corrected chi connectivity index (χ2v) is 6.71. The summed E-state index contributed by atoms with van der Waals surface area (Å²) < 4.78 is 40.0. The Morgan fingerprint density at radius 1 is 1.00 bits per heavy atom. The summed E-state index contributed by atoms with van der Waals surface area (Å²) in [7, 11) is 0. The lowest BCUT2D eigenvalue weighted by Crippen LogP contribution is -2.27. The minimum atomic E-state index is -4.40. The number of para-hydroxylation sites is 1. The molecule has 0 aliphatic carbocycles. The highest BCUT2D eigenvalue weighted by Gasteiger charge is 2.30. The molecule has 1 N–H and O–H groups in total. The molecule has 0 aliphatic heterocycles. The maximum absolute atomic E-state index is 12.8. The summed E-state index contributed by atoms with van der Waals surface area (Å²) in [5, 5.41) is 2.70. The van der Waals surface area contributed by atoms with Gasteiger partial charge in [0.1, 0.15) is 5.56 Å². The molecule has 0 saturated carbocycles. The van der Waals surface area contributed by atoms with Crippen molar-refractivity contribution in [1.82, 2.24) is 4.57 Å². The van der Waals surface area contributed by atoms with Gasteiger partial charge in [-0.05, 0) is 43.7 Å². The molecule has 0 bridgehead atoms. The minimum Gasteiger partial charge on any atom is -0.344 e. The standard InChI is InChI=1S/C22H19F3N2O2/c1-14-12-19(28)20(21(29)26-18-6-4-3-5-7-18)15(2)27(14)13-16-8-10-17(11-9-16)22(23,24)25/h3-12H,13H2,1-2H3,(H,26,29). The van der Waals surface area contributed by atoms with Crippen LogP contribution in [0.1, 0.15) is 32.9 Å². The summed E-state index contributed by atoms with van der Waals surface area (Å²) in [4.78, 5) is 25.1. The molecular formula is C22H19F3N2O2. The zero-order valence-corrected chi connectivity index (χ0v) is 15.9. The van der Waals surface area contributed by atoms with Gasteiger partial charge >= 0.3 is 6.18 Å². The van der Waals surface area contributed by atoms with Gasteiger partial charge in [-0.2, -0.15) is 13.2 Å². The number of aryl methyl sites for hydroxylation is 1. The monoisotopic (exact) mass is 400 g/mol. The second-order valence-electron chi connectivity index (χ2n) is 6.71. The van der Waals surface area contributed by atoms with Gasteiger partial charge in [-0.1, -0.05) is 30.3 Å². The molecule has 1 aromatic heterocycles. The molecule has 1 amide bonds. The molecule has 2 aromatic carbocycles. The third-order valence-corrected chi connectivity index (χ3v) is 4.66. The molecule has 7 heteroatoms. The van der Waals surface area contributed by atoms with E-state index < -0.39 is 23.1 Å². The molecule has 3 rings (SSSR count). The van der Waals surface area contributed by atoms with Gasteiger partial charge < -0.3 is 9.88 Å². The van der Waals surface area contributed by atoms with E-state index in [0.29, 0.717) is 22.6 Å². The zero-order chi connectivity index (χ0) is 21.2. The van der Waals surface area contributed by atoms with Crippen LogP contribution in [0, 0.1) is 13.8 Å². The normalized spacial score (nSPS) is 11.3. The Morgan fingerprint density at radius 2 is 1.62 bits per heavy atom. The Kier molecular flexibility index (Phi) is 5.59. The van der Waals surface area contributed by atoms with Crippen LogP contribution in [0.25, 0.3) is 0 Å². The van der Waals surface area contributed by atoms with Crippen molar-refractivity contribution in [3.63, 3.8) is 0 Å². The van der Waals surface area contributed by atoms with E-state index in [1.54, 1.807) is 42.7 Å². The van der Waals surface area contributed by atoms with Crippen LogP contribution in [0.4, 0.5) is 18.9 Å². The molecule has 29 heavy (non-hydrogen) atoms. The number of hydrogen-bond donors (Lipinski definition) is 1. The maximum Gasteiger partial charge on any atom is 0.416 e. The molecule has 3 aromatic rings. The van der Waals surface area contributed by atoms with E-state index in [9.17, 15) is 22.8 Å². The Labute approximate surface area is 165 Å². The Balaban J connectivity index is 1.93. The highest BCUT2D eigenvalue weighted by atomic mass is 19.4. The molecule has 4 nitrogen and oxygen atoms in total. The van der Waals surface area contributed by atoms with Crippen molar-refractivity contribution in [2.24, 2.45) is 0 Å². The van der Waals surface area contributed by atoms with Crippen molar-refractivity contribution in [3.8, 4) is 0 Å². The van der Waals surface area contributed by atoms with Gasteiger partial charge in [-0.25, -0.2) is 0 Å². The number of pyridine rings is 1. The number of carbonyl (C=O) groups excluding carboxylic acids is 1. The number of hydrogen-bond acceptors (Lipinski definition) is 2. The summed E-state index contributed by atoms with van der Waals surface area (Å²) in [6, 6.07) is 14.9. The van der Waals surface area contributed by atoms with Crippen molar-refractivity contribution in [3.05, 3.63) is 99.0 Å². The van der Waals surface area contributed by atoms with E-state index in [0.717, 1.165) is 12.1 Å². The van der Waals surface area contributed by atoms with Gasteiger partial charge in [-0.3, -0.25) is 9.59 Å². The van der Waals surface area contributed by atoms with Crippen LogP contribution in [-0.2, 0) is 12.7 Å². The predicted molar refractivity (Wildman–Crippen MR) is 105 cm³/mol. The van der Waals surface area contributed by atoms with E-state index in [1.807, 2.05) is 6.07 Å². The largest absolute Gasteiger partial charge is 0.416 e. The van der Waals surface area contributed by atoms with Crippen molar-refractivity contribution >= 4 is 11.6 Å². The molecular weight excluding hydrogens is 381 g/mol. The van der Waals surface area contributed by atoms with Crippen molar-refractivity contribution in [1.29, 1.82) is 0 Å². The fourth-order valence-corrected chi connectivity index (χ4v) is 3.13. The number of carbonyl (C=O) groups is 1. The third kappa shape index (κ3) is 4.56. The average Bonchev–Trinajstić information content (AvgIpc) is 2.65. The number of nitrogens with one attached hydrogen (secondary N) is 1. The summed E-state index contributed by atoms with van der Waals surface area (Å²) >= 11 is 0. The zero-order valence-electron chi connectivity index (χ0n) is 15.9. The molecule has 0 spiro atoms. The van der Waals surface area contributed by atoms with Crippen molar-refractivity contribution in [2.45, 2.75) is 26.6 Å². The van der Waals surface area contributed by atoms with E-state index in [2.05, 4.69) is 5.32 Å². The van der Waals surface area contributed by atoms with Crippen LogP contribution in [0.5, 0.6) is 0 Å². The second kappa shape index (κ2) is 7.95. The molecule has 150 valence electrons. The van der Waals surface area contributed by atoms with Crippen molar-refractivity contribution < 1.29 is 18.0 Å². The van der Waals surface area contributed by atoms with Gasteiger partial charge in [0, 0.05) is 29.7 Å². The van der Waals surface area contributed by atoms with E-state index in [-0.39, 0.29) is 12.1 Å². The van der Waals surface area contributed by atoms with E-state index in [4.69, 9.17) is 0 Å². The highest BCUT2D eigenvalue weighted by Crippen LogP contribution is 2.29. The van der Waals surface area contributed by atoms with Gasteiger partial charge in [0.2, 0.25) is 0 Å². The van der Waals surface area contributed by atoms with Gasteiger partial charge in [0.15, 0.2) is 5.43 Å². The topological polar surface area (TPSA) is 51.1 Å². The number of rotatable bonds is 4. The molecule has 0 saturated heterocycles. The number of nitrogens with zero attached hydrogens (tertiary/aromatic N) is 1. The van der Waals surface area contributed by atoms with E-state index in [1.165, 1.54) is 18.2 Å². The Morgan fingerprint density at radius 3 is 2.21 bits per heavy atom. The van der Waals surface area contributed by atoms with Crippen LogP contribution in [-0.4, -0.2) is 10.5 Å². The number of amides is 1. The fraction of sp³-hybridized carbons (Fsp3) is 0.182. The van der Waals surface area contributed by atoms with Crippen LogP contribution >= 0.6 is 0 Å². The van der Waals surface area contributed by atoms with Crippen LogP contribution in [0.2, 0.25) is 0 Å². The average molecular weight is 400 g/mol. The van der Waals surface area contributed by atoms with Gasteiger partial charge in [-0.15, -0.1) is 0 Å². The number of anilines is 1. The number of halogens is 3. The lowest BCUT2D eigenvalue weighted by molar-refractivity contribution is -0.137. The first-order chi connectivity index (χ1) is 13.7. The Hall–Kier alpha value is -3.35. The smallest absolute Gasteiger partial charge is 0.344 e. The van der Waals surface area contributed by atoms with Gasteiger partial charge in [0.05, 0.1) is 5.56 Å². The van der Waals surface area contributed by atoms with Crippen LogP contribution < -0.4 is 10.7 Å². The minimum absolute atomic E-state index is 0.00589. The predicted octanol–water partition coefficient (Wildman–Crippen LogP) is 4.78. The maximum atomic E-state index is 12.8. The molecule has 0 aliphatic rings. The fourth-order valence-electron chi connectivity index (χ4n) is 3.13. The summed E-state index contributed by atoms with van der Waals surface area (Å²) in [5.41, 5.74) is 1.13. The third-order valence-electron chi connectivity index (χ3n) is 4.66. The first kappa shape index (κ1) is 20.4. The first-order valence-electron chi connectivity index (χ1n) is 8.90. The summed E-state index contributed by atoms with van der Waals surface area (Å²) in [5.74, 6) is -0.528. The number of aromatic nitrogens is 1. The summed E-state index contributed by atoms with van der Waals surface area (Å²) in [6.45, 7) is 3.61. The number of benzene rings is 2. The van der Waals surface area contributed by atoms with E-state index >= 15 is 0 Å².